The van der Waals surface area contributed by atoms with Crippen LogP contribution >= 0.6 is 0 Å². The molecule has 6 rings (SSSR count). The highest BCUT2D eigenvalue weighted by molar-refractivity contribution is 7.90. The van der Waals surface area contributed by atoms with Crippen LogP contribution in [0.4, 0.5) is 0 Å². The quantitative estimate of drug-likeness (QED) is 0.0601. The molecule has 2 aromatic carbocycles. The number of hydrogen-bond donors (Lipinski definition) is 5. The molecule has 1 aliphatic carbocycles. The zero-order chi connectivity index (χ0) is 42.2. The number of fused-ring (bicyclic) bond motifs is 3. The lowest BCUT2D eigenvalue weighted by molar-refractivity contribution is -0.149. The van der Waals surface area contributed by atoms with Crippen molar-refractivity contribution < 1.29 is 32.3 Å². The van der Waals surface area contributed by atoms with E-state index in [1.165, 1.54) is 5.56 Å². The number of esters is 1. The van der Waals surface area contributed by atoms with E-state index in [1.807, 2.05) is 37.8 Å². The highest BCUT2D eigenvalue weighted by Gasteiger charge is 2.49. The van der Waals surface area contributed by atoms with E-state index >= 15 is 0 Å². The summed E-state index contributed by atoms with van der Waals surface area (Å²) >= 11 is 0. The van der Waals surface area contributed by atoms with Gasteiger partial charge >= 0.3 is 5.97 Å². The molecule has 2 amide bonds. The highest BCUT2D eigenvalue weighted by Crippen LogP contribution is 2.44. The van der Waals surface area contributed by atoms with Gasteiger partial charge in [-0.05, 0) is 113 Å². The molecule has 5 atom stereocenters. The summed E-state index contributed by atoms with van der Waals surface area (Å²) < 4.78 is 41.7. The lowest BCUT2D eigenvalue weighted by Crippen LogP contribution is -2.58. The fourth-order valence-corrected chi connectivity index (χ4v) is 11.5. The number of benzene rings is 2. The molecule has 58 heavy (non-hydrogen) atoms. The molecule has 2 unspecified atom stereocenters. The molecule has 0 radical (unpaired) electrons. The highest BCUT2D eigenvalue weighted by atomic mass is 32.2. The maximum Gasteiger partial charge on any atom is 0.328 e. The van der Waals surface area contributed by atoms with Crippen LogP contribution in [0.1, 0.15) is 92.2 Å². The molecule has 3 aliphatic heterocycles. The lowest BCUT2D eigenvalue weighted by atomic mass is 9.84. The number of hydrogen-bond acceptors (Lipinski definition) is 9. The van der Waals surface area contributed by atoms with Crippen molar-refractivity contribution >= 4 is 41.8 Å². The topological polar surface area (TPSA) is 179 Å². The van der Waals surface area contributed by atoms with Gasteiger partial charge in [0.05, 0.1) is 17.5 Å². The predicted molar refractivity (Wildman–Crippen MR) is 227 cm³/mol. The van der Waals surface area contributed by atoms with E-state index in [2.05, 4.69) is 52.4 Å². The standard InChI is InChI=1S/C43H64N6O7SSi/c1-26-27(2)38(28(3)32-24-43(4,5)56-37(26)32)57(53,54)48-42(44)45-19-13-17-33(41(52)55-20-21-58(6,7)8)47-39(50)36-23-30-15-11-12-18-35(30)49(36)40(51)34-22-29-14-9-10-16-31(29)25-46-34/h9-10,14,16,30,33-36,46H,11-13,15,17-25H2,1-8H3,(H,47,50)(H3,44,45,48)/t30?,33-,34+,35?,36-/m0/s1. The minimum Gasteiger partial charge on any atom is -0.487 e. The Morgan fingerprint density at radius 3 is 2.48 bits per heavy atom. The van der Waals surface area contributed by atoms with Gasteiger partial charge in [0, 0.05) is 39.2 Å². The van der Waals surface area contributed by atoms with Gasteiger partial charge in [0.2, 0.25) is 17.8 Å². The van der Waals surface area contributed by atoms with Crippen molar-refractivity contribution in [3.05, 3.63) is 57.6 Å². The average Bonchev–Trinajstić information content (AvgIpc) is 3.71. The van der Waals surface area contributed by atoms with Crippen molar-refractivity contribution in [3.8, 4) is 5.75 Å². The molecule has 3 heterocycles. The van der Waals surface area contributed by atoms with Crippen LogP contribution in [0.2, 0.25) is 25.7 Å². The Bertz CT molecular complexity index is 2030. The zero-order valence-electron chi connectivity index (χ0n) is 35.6. The first-order chi connectivity index (χ1) is 27.3. The van der Waals surface area contributed by atoms with E-state index in [4.69, 9.17) is 14.9 Å². The molecular weight excluding hydrogens is 773 g/mol. The third-order valence-corrected chi connectivity index (χ3v) is 15.8. The van der Waals surface area contributed by atoms with Crippen molar-refractivity contribution in [1.82, 2.24) is 25.6 Å². The van der Waals surface area contributed by atoms with Crippen LogP contribution < -0.4 is 25.4 Å². The maximum atomic E-state index is 14.3. The summed E-state index contributed by atoms with van der Waals surface area (Å²) in [6, 6.07) is 6.75. The number of nitrogens with zero attached hydrogens (tertiary/aromatic N) is 1. The molecule has 2 aromatic rings. The Kier molecular flexibility index (Phi) is 13.0. The van der Waals surface area contributed by atoms with Crippen molar-refractivity contribution in [2.45, 2.75) is 159 Å². The van der Waals surface area contributed by atoms with Gasteiger partial charge in [0.1, 0.15) is 23.4 Å². The van der Waals surface area contributed by atoms with Crippen LogP contribution in [0.25, 0.3) is 0 Å². The fourth-order valence-electron chi connectivity index (χ4n) is 9.28. The largest absolute Gasteiger partial charge is 0.487 e. The Labute approximate surface area is 345 Å². The van der Waals surface area contributed by atoms with E-state index in [0.717, 1.165) is 54.2 Å². The minimum absolute atomic E-state index is 0.0226. The first kappa shape index (κ1) is 43.6. The third-order valence-electron chi connectivity index (χ3n) is 12.5. The summed E-state index contributed by atoms with van der Waals surface area (Å²) in [7, 11) is -5.63. The van der Waals surface area contributed by atoms with Crippen LogP contribution in [-0.4, -0.2) is 88.1 Å². The van der Waals surface area contributed by atoms with E-state index in [0.29, 0.717) is 43.4 Å². The SMILES string of the molecule is Cc1c(C)c(S(=O)(=O)NC(=N)NCCC[C@H](NC(=O)[C@@H]2CC3CCCCC3N2C(=O)[C@H]2Cc3ccccc3CN2)C(=O)OCC[Si](C)(C)C)c(C)c2c1OC(C)(C)C2. The van der Waals surface area contributed by atoms with Gasteiger partial charge in [-0.25, -0.2) is 17.9 Å². The fraction of sp³-hybridized carbons (Fsp3) is 0.628. The van der Waals surface area contributed by atoms with Crippen LogP contribution in [0.5, 0.6) is 5.75 Å². The average molecular weight is 837 g/mol. The Morgan fingerprint density at radius 2 is 1.76 bits per heavy atom. The number of amides is 2. The van der Waals surface area contributed by atoms with Crippen molar-refractivity contribution in [3.63, 3.8) is 0 Å². The van der Waals surface area contributed by atoms with Crippen molar-refractivity contribution in [1.29, 1.82) is 5.41 Å². The van der Waals surface area contributed by atoms with Gasteiger partial charge in [-0.2, -0.15) is 0 Å². The first-order valence-electron chi connectivity index (χ1n) is 21.0. The summed E-state index contributed by atoms with van der Waals surface area (Å²) in [6.07, 6.45) is 6.08. The summed E-state index contributed by atoms with van der Waals surface area (Å²) in [6.45, 7) is 16.9. The maximum absolute atomic E-state index is 14.3. The normalized spacial score (nSPS) is 22.8. The number of ether oxygens (including phenoxy) is 2. The predicted octanol–water partition coefficient (Wildman–Crippen LogP) is 5.15. The summed E-state index contributed by atoms with van der Waals surface area (Å²) in [4.78, 5) is 44.2. The Morgan fingerprint density at radius 1 is 1.05 bits per heavy atom. The molecule has 0 spiro atoms. The van der Waals surface area contributed by atoms with Gasteiger partial charge in [0.25, 0.3) is 10.0 Å². The number of rotatable bonds is 13. The monoisotopic (exact) mass is 836 g/mol. The summed E-state index contributed by atoms with van der Waals surface area (Å²) in [5.41, 5.74) is 4.67. The van der Waals surface area contributed by atoms with Gasteiger partial charge in [0.15, 0.2) is 0 Å². The molecular formula is C43H64N6O7SSi. The molecule has 0 bridgehead atoms. The number of nitrogens with one attached hydrogen (secondary N) is 5. The van der Waals surface area contributed by atoms with E-state index in [1.54, 1.807) is 13.8 Å². The number of guanidine groups is 1. The second kappa shape index (κ2) is 17.3. The molecule has 318 valence electrons. The van der Waals surface area contributed by atoms with Crippen LogP contribution in [0, 0.1) is 32.1 Å². The molecule has 2 fully saturated rings. The Hall–Kier alpha value is -3.95. The molecule has 0 aromatic heterocycles. The Balaban J connectivity index is 1.11. The van der Waals surface area contributed by atoms with E-state index in [9.17, 15) is 22.8 Å². The summed E-state index contributed by atoms with van der Waals surface area (Å²) in [5.74, 6) is -0.408. The summed E-state index contributed by atoms with van der Waals surface area (Å²) in [5, 5.41) is 17.7. The van der Waals surface area contributed by atoms with Crippen molar-refractivity contribution in [2.75, 3.05) is 13.2 Å². The molecule has 4 aliphatic rings. The molecule has 5 N–H and O–H groups in total. The smallest absolute Gasteiger partial charge is 0.328 e. The number of likely N-dealkylation sites (tertiary alicyclic amines) is 1. The third kappa shape index (κ3) is 9.73. The number of carbonyl (C=O) groups is 3. The molecule has 1 saturated heterocycles. The number of carbonyl (C=O) groups excluding carboxylic acids is 3. The van der Waals surface area contributed by atoms with Crippen molar-refractivity contribution in [2.24, 2.45) is 5.92 Å². The molecule has 15 heteroatoms. The zero-order valence-corrected chi connectivity index (χ0v) is 37.4. The molecule has 1 saturated carbocycles. The number of sulfonamides is 1. The molecule has 13 nitrogen and oxygen atoms in total. The van der Waals surface area contributed by atoms with Crippen LogP contribution in [-0.2, 0) is 48.5 Å². The van der Waals surface area contributed by atoms with E-state index < -0.39 is 53.8 Å². The van der Waals surface area contributed by atoms with Crippen LogP contribution in [0.15, 0.2) is 29.2 Å². The van der Waals surface area contributed by atoms with Gasteiger partial charge in [-0.15, -0.1) is 0 Å². The minimum atomic E-state index is -4.12. The first-order valence-corrected chi connectivity index (χ1v) is 26.2. The second-order valence-electron chi connectivity index (χ2n) is 18.7. The van der Waals surface area contributed by atoms with E-state index in [-0.39, 0.29) is 48.2 Å². The van der Waals surface area contributed by atoms with Gasteiger partial charge in [-0.3, -0.25) is 15.0 Å². The van der Waals surface area contributed by atoms with Crippen LogP contribution in [0.3, 0.4) is 0 Å². The van der Waals surface area contributed by atoms with Gasteiger partial charge < -0.3 is 30.3 Å². The lowest BCUT2D eigenvalue weighted by Gasteiger charge is -2.37. The van der Waals surface area contributed by atoms with Gasteiger partial charge in [-0.1, -0.05) is 56.7 Å². The second-order valence-corrected chi connectivity index (χ2v) is 25.9.